The van der Waals surface area contributed by atoms with E-state index in [2.05, 4.69) is 9.97 Å². The molecule has 76 valence electrons. The predicted molar refractivity (Wildman–Crippen MR) is 55.5 cm³/mol. The molecule has 0 amide bonds. The van der Waals surface area contributed by atoms with Crippen molar-refractivity contribution in [2.24, 2.45) is 0 Å². The maximum absolute atomic E-state index is 11.7. The third-order valence-corrected chi connectivity index (χ3v) is 2.04. The van der Waals surface area contributed by atoms with Crippen molar-refractivity contribution in [2.45, 2.75) is 13.5 Å². The van der Waals surface area contributed by atoms with Gasteiger partial charge in [-0.2, -0.15) is 0 Å². The van der Waals surface area contributed by atoms with Gasteiger partial charge >= 0.3 is 0 Å². The highest BCUT2D eigenvalue weighted by Gasteiger charge is 2.07. The Labute approximate surface area is 87.6 Å². The zero-order valence-corrected chi connectivity index (χ0v) is 8.42. The highest BCUT2D eigenvalue weighted by molar-refractivity contribution is 5.93. The Morgan fingerprint density at radius 1 is 1.40 bits per heavy atom. The standard InChI is InChI=1S/C11H11N3O/c1-9-6-14(8-13-9)7-11(15)10-4-2-3-5-12-10/h2-6,8H,7H2,1H3. The first-order valence-electron chi connectivity index (χ1n) is 4.68. The van der Waals surface area contributed by atoms with Gasteiger partial charge in [0.2, 0.25) is 5.78 Å². The van der Waals surface area contributed by atoms with E-state index in [0.717, 1.165) is 5.69 Å². The van der Waals surface area contributed by atoms with Crippen molar-refractivity contribution in [1.82, 2.24) is 14.5 Å². The Hall–Kier alpha value is -1.97. The molecule has 2 aromatic rings. The van der Waals surface area contributed by atoms with Gasteiger partial charge in [0, 0.05) is 12.4 Å². The lowest BCUT2D eigenvalue weighted by atomic mass is 10.2. The molecule has 0 atom stereocenters. The Morgan fingerprint density at radius 2 is 2.27 bits per heavy atom. The molecular weight excluding hydrogens is 190 g/mol. The van der Waals surface area contributed by atoms with E-state index < -0.39 is 0 Å². The Morgan fingerprint density at radius 3 is 2.87 bits per heavy atom. The van der Waals surface area contributed by atoms with Gasteiger partial charge in [0.05, 0.1) is 18.6 Å². The summed E-state index contributed by atoms with van der Waals surface area (Å²) in [4.78, 5) is 19.8. The van der Waals surface area contributed by atoms with Gasteiger partial charge in [0.15, 0.2) is 0 Å². The van der Waals surface area contributed by atoms with Crippen molar-refractivity contribution in [3.05, 3.63) is 48.3 Å². The van der Waals surface area contributed by atoms with Crippen LogP contribution in [0.1, 0.15) is 16.2 Å². The fraction of sp³-hybridized carbons (Fsp3) is 0.182. The number of rotatable bonds is 3. The van der Waals surface area contributed by atoms with Gasteiger partial charge in [0.1, 0.15) is 5.69 Å². The van der Waals surface area contributed by atoms with E-state index in [-0.39, 0.29) is 12.3 Å². The van der Waals surface area contributed by atoms with Gasteiger partial charge < -0.3 is 4.57 Å². The van der Waals surface area contributed by atoms with E-state index >= 15 is 0 Å². The fourth-order valence-corrected chi connectivity index (χ4v) is 1.33. The van der Waals surface area contributed by atoms with Crippen LogP contribution < -0.4 is 0 Å². The van der Waals surface area contributed by atoms with E-state index in [4.69, 9.17) is 0 Å². The Bertz CT molecular complexity index is 462. The van der Waals surface area contributed by atoms with Gasteiger partial charge in [-0.05, 0) is 19.1 Å². The summed E-state index contributed by atoms with van der Waals surface area (Å²) in [6.45, 7) is 2.18. The molecule has 0 fully saturated rings. The predicted octanol–water partition coefficient (Wildman–Crippen LogP) is 1.47. The van der Waals surface area contributed by atoms with Crippen LogP contribution in [0.3, 0.4) is 0 Å². The molecule has 4 nitrogen and oxygen atoms in total. The summed E-state index contributed by atoms with van der Waals surface area (Å²) in [6.07, 6.45) is 5.10. The van der Waals surface area contributed by atoms with Crippen LogP contribution in [-0.4, -0.2) is 20.3 Å². The average molecular weight is 201 g/mol. The minimum absolute atomic E-state index is 0.00648. The summed E-state index contributed by atoms with van der Waals surface area (Å²) >= 11 is 0. The lowest BCUT2D eigenvalue weighted by molar-refractivity contribution is 0.0967. The summed E-state index contributed by atoms with van der Waals surface area (Å²) in [5, 5.41) is 0. The van der Waals surface area contributed by atoms with E-state index in [9.17, 15) is 4.79 Å². The van der Waals surface area contributed by atoms with Crippen LogP contribution in [0.2, 0.25) is 0 Å². The van der Waals surface area contributed by atoms with Crippen molar-refractivity contribution < 1.29 is 4.79 Å². The van der Waals surface area contributed by atoms with Crippen LogP contribution in [0.5, 0.6) is 0 Å². The molecule has 0 unspecified atom stereocenters. The largest absolute Gasteiger partial charge is 0.329 e. The number of pyridine rings is 1. The molecule has 0 radical (unpaired) electrons. The van der Waals surface area contributed by atoms with E-state index in [0.29, 0.717) is 5.69 Å². The van der Waals surface area contributed by atoms with E-state index in [1.165, 1.54) is 0 Å². The Balaban J connectivity index is 2.11. The average Bonchev–Trinajstić information content (AvgIpc) is 2.65. The van der Waals surface area contributed by atoms with Crippen molar-refractivity contribution in [1.29, 1.82) is 0 Å². The minimum Gasteiger partial charge on any atom is -0.329 e. The molecule has 0 aliphatic carbocycles. The van der Waals surface area contributed by atoms with Crippen LogP contribution in [0.4, 0.5) is 0 Å². The summed E-state index contributed by atoms with van der Waals surface area (Å²) in [5.74, 6) is -0.00648. The molecule has 0 aliphatic heterocycles. The molecule has 0 spiro atoms. The van der Waals surface area contributed by atoms with Gasteiger partial charge in [-0.15, -0.1) is 0 Å². The van der Waals surface area contributed by atoms with Crippen molar-refractivity contribution in [3.8, 4) is 0 Å². The van der Waals surface area contributed by atoms with Gasteiger partial charge in [0.25, 0.3) is 0 Å². The number of aromatic nitrogens is 3. The van der Waals surface area contributed by atoms with Crippen LogP contribution >= 0.6 is 0 Å². The molecule has 0 aliphatic rings. The number of Topliss-reactive ketones (excluding diaryl/α,β-unsaturated/α-hetero) is 1. The van der Waals surface area contributed by atoms with Gasteiger partial charge in [-0.1, -0.05) is 6.07 Å². The van der Waals surface area contributed by atoms with E-state index in [1.54, 1.807) is 35.3 Å². The topological polar surface area (TPSA) is 47.8 Å². The molecular formula is C11H11N3O. The number of imidazole rings is 1. The van der Waals surface area contributed by atoms with Crippen LogP contribution in [-0.2, 0) is 6.54 Å². The zero-order valence-electron chi connectivity index (χ0n) is 8.42. The summed E-state index contributed by atoms with van der Waals surface area (Å²) < 4.78 is 1.76. The first-order valence-corrected chi connectivity index (χ1v) is 4.68. The number of nitrogens with zero attached hydrogens (tertiary/aromatic N) is 3. The quantitative estimate of drug-likeness (QED) is 0.706. The maximum atomic E-state index is 11.7. The smallest absolute Gasteiger partial charge is 0.200 e. The van der Waals surface area contributed by atoms with E-state index in [1.807, 2.05) is 13.1 Å². The van der Waals surface area contributed by atoms with Crippen molar-refractivity contribution >= 4 is 5.78 Å². The van der Waals surface area contributed by atoms with Crippen LogP contribution in [0, 0.1) is 6.92 Å². The highest BCUT2D eigenvalue weighted by Crippen LogP contribution is 2.00. The summed E-state index contributed by atoms with van der Waals surface area (Å²) in [6, 6.07) is 5.31. The Kier molecular flexibility index (Phi) is 2.58. The molecule has 0 N–H and O–H groups in total. The van der Waals surface area contributed by atoms with Gasteiger partial charge in [-0.25, -0.2) is 4.98 Å². The van der Waals surface area contributed by atoms with Crippen molar-refractivity contribution in [3.63, 3.8) is 0 Å². The number of aryl methyl sites for hydroxylation is 1. The lowest BCUT2D eigenvalue weighted by Gasteiger charge is -2.00. The highest BCUT2D eigenvalue weighted by atomic mass is 16.1. The first kappa shape index (κ1) is 9.58. The van der Waals surface area contributed by atoms with Crippen LogP contribution in [0.25, 0.3) is 0 Å². The van der Waals surface area contributed by atoms with Crippen molar-refractivity contribution in [2.75, 3.05) is 0 Å². The van der Waals surface area contributed by atoms with Gasteiger partial charge in [-0.3, -0.25) is 9.78 Å². The molecule has 2 heterocycles. The molecule has 2 rings (SSSR count). The summed E-state index contributed by atoms with van der Waals surface area (Å²) in [5.41, 5.74) is 1.40. The molecule has 4 heteroatoms. The zero-order chi connectivity index (χ0) is 10.7. The second-order valence-corrected chi connectivity index (χ2v) is 3.33. The number of carbonyl (C=O) groups is 1. The SMILES string of the molecule is Cc1cn(CC(=O)c2ccccn2)cn1. The lowest BCUT2D eigenvalue weighted by Crippen LogP contribution is -2.10. The second-order valence-electron chi connectivity index (χ2n) is 3.33. The number of carbonyl (C=O) groups excluding carboxylic acids is 1. The first-order chi connectivity index (χ1) is 7.25. The normalized spacial score (nSPS) is 10.2. The molecule has 15 heavy (non-hydrogen) atoms. The number of ketones is 1. The minimum atomic E-state index is -0.00648. The third-order valence-electron chi connectivity index (χ3n) is 2.04. The molecule has 2 aromatic heterocycles. The third kappa shape index (κ3) is 2.28. The molecule has 0 saturated heterocycles. The number of hydrogen-bond donors (Lipinski definition) is 0. The summed E-state index contributed by atoms with van der Waals surface area (Å²) in [7, 11) is 0. The molecule has 0 saturated carbocycles. The molecule has 0 aromatic carbocycles. The number of hydrogen-bond acceptors (Lipinski definition) is 3. The monoisotopic (exact) mass is 201 g/mol. The second kappa shape index (κ2) is 4.04. The molecule has 0 bridgehead atoms. The maximum Gasteiger partial charge on any atom is 0.200 e. The van der Waals surface area contributed by atoms with Crippen LogP contribution in [0.15, 0.2) is 36.9 Å². The fourth-order valence-electron chi connectivity index (χ4n) is 1.33.